The smallest absolute Gasteiger partial charge is 0.245 e. The topological polar surface area (TPSA) is 55.7 Å². The molecule has 4 nitrogen and oxygen atoms in total. The van der Waals surface area contributed by atoms with Gasteiger partial charge in [0.25, 0.3) is 0 Å². The summed E-state index contributed by atoms with van der Waals surface area (Å²) in [5.41, 5.74) is 0. The van der Waals surface area contributed by atoms with Crippen molar-refractivity contribution in [3.8, 4) is 0 Å². The van der Waals surface area contributed by atoms with E-state index in [-0.39, 0.29) is 13.1 Å². The lowest BCUT2D eigenvalue weighted by Gasteiger charge is -2.40. The van der Waals surface area contributed by atoms with Crippen molar-refractivity contribution < 1.29 is 19.0 Å². The fraction of sp³-hybridized carbons (Fsp3) is 0.909. The van der Waals surface area contributed by atoms with Gasteiger partial charge in [0, 0.05) is 19.6 Å². The Bertz CT molecular complexity index is 282. The third-order valence-electron chi connectivity index (χ3n) is 3.09. The molecule has 0 saturated carbocycles. The molecule has 0 radical (unpaired) electrons. The van der Waals surface area contributed by atoms with Crippen LogP contribution in [0.15, 0.2) is 0 Å². The third-order valence-corrected chi connectivity index (χ3v) is 3.49. The predicted octanol–water partition coefficient (Wildman–Crippen LogP) is 0.580. The van der Waals surface area contributed by atoms with Crippen molar-refractivity contribution in [2.45, 2.75) is 38.4 Å². The zero-order valence-corrected chi connectivity index (χ0v) is 11.2. The summed E-state index contributed by atoms with van der Waals surface area (Å²) in [5.74, 6) is -1.26. The molecule has 1 fully saturated rings. The SMILES string of the molecule is CCCCNC(=S)N1CC(O)[C@H](O)[C@@H](C(F)F)C1. The Morgan fingerprint density at radius 1 is 1.44 bits per heavy atom. The zero-order valence-electron chi connectivity index (χ0n) is 10.4. The first-order chi connectivity index (χ1) is 8.47. The van der Waals surface area contributed by atoms with Gasteiger partial charge in [-0.25, -0.2) is 8.78 Å². The van der Waals surface area contributed by atoms with E-state index < -0.39 is 24.6 Å². The molecule has 0 aliphatic carbocycles. The summed E-state index contributed by atoms with van der Waals surface area (Å²) in [4.78, 5) is 1.50. The highest BCUT2D eigenvalue weighted by molar-refractivity contribution is 7.80. The predicted molar refractivity (Wildman–Crippen MR) is 68.6 cm³/mol. The van der Waals surface area contributed by atoms with E-state index >= 15 is 0 Å². The van der Waals surface area contributed by atoms with Crippen molar-refractivity contribution in [2.24, 2.45) is 5.92 Å². The maximum absolute atomic E-state index is 12.7. The van der Waals surface area contributed by atoms with Gasteiger partial charge >= 0.3 is 0 Å². The third kappa shape index (κ3) is 4.00. The summed E-state index contributed by atoms with van der Waals surface area (Å²) in [6.45, 7) is 2.78. The summed E-state index contributed by atoms with van der Waals surface area (Å²) >= 11 is 5.10. The Hall–Kier alpha value is -0.530. The van der Waals surface area contributed by atoms with Crippen LogP contribution in [0, 0.1) is 5.92 Å². The van der Waals surface area contributed by atoms with E-state index in [1.807, 2.05) is 6.92 Å². The van der Waals surface area contributed by atoms with Gasteiger partial charge < -0.3 is 20.4 Å². The van der Waals surface area contributed by atoms with Crippen molar-refractivity contribution in [2.75, 3.05) is 19.6 Å². The highest BCUT2D eigenvalue weighted by atomic mass is 32.1. The van der Waals surface area contributed by atoms with Crippen molar-refractivity contribution in [1.29, 1.82) is 0 Å². The average Bonchev–Trinajstić information content (AvgIpc) is 2.32. The van der Waals surface area contributed by atoms with Gasteiger partial charge in [-0.15, -0.1) is 0 Å². The van der Waals surface area contributed by atoms with Crippen LogP contribution >= 0.6 is 12.2 Å². The number of β-amino-alcohol motifs (C(OH)–C–C–N with tert-alkyl or cyclic N) is 1. The number of aliphatic hydroxyl groups is 2. The molecule has 1 unspecified atom stereocenters. The van der Waals surface area contributed by atoms with Crippen LogP contribution in [0.25, 0.3) is 0 Å². The lowest BCUT2D eigenvalue weighted by molar-refractivity contribution is -0.104. The number of unbranched alkanes of at least 4 members (excludes halogenated alkanes) is 1. The molecule has 1 rings (SSSR count). The van der Waals surface area contributed by atoms with E-state index in [2.05, 4.69) is 5.32 Å². The molecular formula is C11H20F2N2O2S. The number of hydrogen-bond donors (Lipinski definition) is 3. The number of hydrogen-bond acceptors (Lipinski definition) is 3. The maximum Gasteiger partial charge on any atom is 0.245 e. The average molecular weight is 282 g/mol. The summed E-state index contributed by atoms with van der Waals surface area (Å²) in [5, 5.41) is 22.4. The Kier molecular flexibility index (Phi) is 6.17. The largest absolute Gasteiger partial charge is 0.390 e. The lowest BCUT2D eigenvalue weighted by Crippen LogP contribution is -2.58. The summed E-state index contributed by atoms with van der Waals surface area (Å²) in [6.07, 6.45) is -3.30. The van der Waals surface area contributed by atoms with E-state index in [1.165, 1.54) is 4.90 Å². The molecule has 0 aromatic carbocycles. The molecule has 0 bridgehead atoms. The Labute approximate surface area is 111 Å². The van der Waals surface area contributed by atoms with Crippen LogP contribution in [0.4, 0.5) is 8.78 Å². The molecule has 106 valence electrons. The van der Waals surface area contributed by atoms with Crippen molar-refractivity contribution in [1.82, 2.24) is 10.2 Å². The Morgan fingerprint density at radius 2 is 2.11 bits per heavy atom. The molecule has 1 saturated heterocycles. The van der Waals surface area contributed by atoms with Gasteiger partial charge in [-0.05, 0) is 18.6 Å². The van der Waals surface area contributed by atoms with Crippen LogP contribution in [-0.2, 0) is 0 Å². The lowest BCUT2D eigenvalue weighted by atomic mass is 9.93. The number of halogens is 2. The minimum Gasteiger partial charge on any atom is -0.390 e. The monoisotopic (exact) mass is 282 g/mol. The van der Waals surface area contributed by atoms with Gasteiger partial charge in [0.05, 0.1) is 18.1 Å². The van der Waals surface area contributed by atoms with Gasteiger partial charge in [-0.1, -0.05) is 13.3 Å². The van der Waals surface area contributed by atoms with Crippen LogP contribution in [0.2, 0.25) is 0 Å². The second kappa shape index (κ2) is 7.16. The molecule has 1 aliphatic heterocycles. The minimum atomic E-state index is -2.67. The van der Waals surface area contributed by atoms with Crippen LogP contribution in [0.3, 0.4) is 0 Å². The fourth-order valence-electron chi connectivity index (χ4n) is 1.93. The van der Waals surface area contributed by atoms with Crippen molar-refractivity contribution in [3.63, 3.8) is 0 Å². The van der Waals surface area contributed by atoms with Crippen molar-refractivity contribution >= 4 is 17.3 Å². The minimum absolute atomic E-state index is 0.0339. The van der Waals surface area contributed by atoms with Gasteiger partial charge in [-0.3, -0.25) is 0 Å². The second-order valence-electron chi connectivity index (χ2n) is 4.55. The molecule has 0 spiro atoms. The highest BCUT2D eigenvalue weighted by Gasteiger charge is 2.40. The standard InChI is InChI=1S/C11H20F2N2O2S/c1-2-3-4-14-11(18)15-5-7(10(12)13)9(17)8(16)6-15/h7-10,16-17H,2-6H2,1H3,(H,14,18)/t7-,8?,9+/m0/s1. The summed E-state index contributed by atoms with van der Waals surface area (Å²) in [7, 11) is 0. The summed E-state index contributed by atoms with van der Waals surface area (Å²) in [6, 6.07) is 0. The Balaban J connectivity index is 2.53. The number of likely N-dealkylation sites (tertiary alicyclic amines) is 1. The first-order valence-corrected chi connectivity index (χ1v) is 6.55. The van der Waals surface area contributed by atoms with Crippen LogP contribution in [0.5, 0.6) is 0 Å². The number of rotatable bonds is 4. The number of alkyl halides is 2. The quantitative estimate of drug-likeness (QED) is 0.520. The zero-order chi connectivity index (χ0) is 13.7. The molecule has 0 amide bonds. The van der Waals surface area contributed by atoms with Gasteiger partial charge in [-0.2, -0.15) is 0 Å². The molecule has 0 aromatic heterocycles. The van der Waals surface area contributed by atoms with Crippen molar-refractivity contribution in [3.05, 3.63) is 0 Å². The number of nitrogens with one attached hydrogen (secondary N) is 1. The number of piperidine rings is 1. The molecule has 0 aromatic rings. The van der Waals surface area contributed by atoms with Crippen LogP contribution in [-0.4, -0.2) is 58.5 Å². The molecule has 3 N–H and O–H groups in total. The molecule has 3 atom stereocenters. The molecule has 18 heavy (non-hydrogen) atoms. The van der Waals surface area contributed by atoms with Crippen LogP contribution in [0.1, 0.15) is 19.8 Å². The van der Waals surface area contributed by atoms with E-state index in [1.54, 1.807) is 0 Å². The van der Waals surface area contributed by atoms with Crippen LogP contribution < -0.4 is 5.32 Å². The Morgan fingerprint density at radius 3 is 2.67 bits per heavy atom. The fourth-order valence-corrected chi connectivity index (χ4v) is 2.19. The van der Waals surface area contributed by atoms with Gasteiger partial charge in [0.1, 0.15) is 0 Å². The number of nitrogens with zero attached hydrogens (tertiary/aromatic N) is 1. The maximum atomic E-state index is 12.7. The summed E-state index contributed by atoms with van der Waals surface area (Å²) < 4.78 is 25.5. The molecular weight excluding hydrogens is 262 g/mol. The normalized spacial score (nSPS) is 28.6. The first kappa shape index (κ1) is 15.5. The number of aliphatic hydroxyl groups excluding tert-OH is 2. The molecule has 7 heteroatoms. The highest BCUT2D eigenvalue weighted by Crippen LogP contribution is 2.23. The second-order valence-corrected chi connectivity index (χ2v) is 4.93. The molecule has 1 heterocycles. The van der Waals surface area contributed by atoms with E-state index in [9.17, 15) is 19.0 Å². The first-order valence-electron chi connectivity index (χ1n) is 6.14. The van der Waals surface area contributed by atoms with E-state index in [4.69, 9.17) is 12.2 Å². The number of thiocarbonyl (C=S) groups is 1. The molecule has 1 aliphatic rings. The van der Waals surface area contributed by atoms with E-state index in [0.29, 0.717) is 11.7 Å². The van der Waals surface area contributed by atoms with Gasteiger partial charge in [0.15, 0.2) is 5.11 Å². The van der Waals surface area contributed by atoms with Gasteiger partial charge in [0.2, 0.25) is 6.43 Å². The van der Waals surface area contributed by atoms with E-state index in [0.717, 1.165) is 12.8 Å².